The van der Waals surface area contributed by atoms with E-state index in [1.165, 1.54) is 0 Å². The van der Waals surface area contributed by atoms with E-state index in [2.05, 4.69) is 19.2 Å². The number of carbonyl (C=O) groups excluding carboxylic acids is 1. The van der Waals surface area contributed by atoms with Crippen LogP contribution >= 0.6 is 0 Å². The van der Waals surface area contributed by atoms with Gasteiger partial charge in [0.05, 0.1) is 0 Å². The predicted molar refractivity (Wildman–Crippen MR) is 56.0 cm³/mol. The van der Waals surface area contributed by atoms with Gasteiger partial charge >= 0.3 is 5.97 Å². The summed E-state index contributed by atoms with van der Waals surface area (Å²) < 4.78 is 5.40. The fourth-order valence-corrected chi connectivity index (χ4v) is 1.50. The largest absolute Gasteiger partial charge is 0.461 e. The van der Waals surface area contributed by atoms with Crippen LogP contribution in [0.3, 0.4) is 0 Å². The summed E-state index contributed by atoms with van der Waals surface area (Å²) in [6.45, 7) is 8.91. The maximum absolute atomic E-state index is 11.8. The number of carbonyl (C=O) groups is 1. The summed E-state index contributed by atoms with van der Waals surface area (Å²) in [7, 11) is 0. The Bertz CT molecular complexity index is 207. The average molecular weight is 199 g/mol. The van der Waals surface area contributed by atoms with E-state index in [9.17, 15) is 4.79 Å². The van der Waals surface area contributed by atoms with Gasteiger partial charge in [-0.3, -0.25) is 4.79 Å². The zero-order chi connectivity index (χ0) is 10.8. The van der Waals surface area contributed by atoms with Gasteiger partial charge in [0.1, 0.15) is 11.6 Å². The Morgan fingerprint density at radius 3 is 2.50 bits per heavy atom. The van der Waals surface area contributed by atoms with E-state index in [0.717, 1.165) is 19.4 Å². The first kappa shape index (κ1) is 11.5. The molecule has 3 nitrogen and oxygen atoms in total. The van der Waals surface area contributed by atoms with Crippen molar-refractivity contribution in [3.63, 3.8) is 0 Å². The van der Waals surface area contributed by atoms with Crippen molar-refractivity contribution in [2.24, 2.45) is 5.92 Å². The van der Waals surface area contributed by atoms with Crippen LogP contribution in [0.2, 0.25) is 0 Å². The normalized spacial score (nSPS) is 29.2. The minimum Gasteiger partial charge on any atom is -0.461 e. The van der Waals surface area contributed by atoms with E-state index in [1.54, 1.807) is 0 Å². The Balaban J connectivity index is 2.49. The van der Waals surface area contributed by atoms with Crippen molar-refractivity contribution in [2.75, 3.05) is 6.54 Å². The second-order valence-electron chi connectivity index (χ2n) is 4.72. The summed E-state index contributed by atoms with van der Waals surface area (Å²) in [6, 6.07) is 0. The molecule has 1 rings (SSSR count). The molecule has 0 aromatic heterocycles. The molecule has 1 fully saturated rings. The van der Waals surface area contributed by atoms with Gasteiger partial charge in [-0.15, -0.1) is 0 Å². The van der Waals surface area contributed by atoms with E-state index < -0.39 is 5.54 Å². The molecule has 82 valence electrons. The molecule has 0 aromatic rings. The van der Waals surface area contributed by atoms with Gasteiger partial charge in [0.15, 0.2) is 0 Å². The fourth-order valence-electron chi connectivity index (χ4n) is 1.50. The highest BCUT2D eigenvalue weighted by Crippen LogP contribution is 2.21. The smallest absolute Gasteiger partial charge is 0.326 e. The topological polar surface area (TPSA) is 38.3 Å². The van der Waals surface area contributed by atoms with Crippen molar-refractivity contribution in [2.45, 2.75) is 52.2 Å². The van der Waals surface area contributed by atoms with Gasteiger partial charge in [-0.2, -0.15) is 0 Å². The third kappa shape index (κ3) is 2.47. The van der Waals surface area contributed by atoms with Crippen molar-refractivity contribution in [1.29, 1.82) is 0 Å². The molecule has 0 saturated carbocycles. The first-order chi connectivity index (χ1) is 6.46. The fraction of sp³-hybridized carbons (Fsp3) is 0.909. The molecular weight excluding hydrogens is 178 g/mol. The number of rotatable bonds is 3. The molecule has 1 heterocycles. The van der Waals surface area contributed by atoms with E-state index in [0.29, 0.717) is 5.92 Å². The van der Waals surface area contributed by atoms with E-state index in [4.69, 9.17) is 4.74 Å². The second kappa shape index (κ2) is 4.30. The number of ether oxygens (including phenoxy) is 1. The van der Waals surface area contributed by atoms with Crippen LogP contribution in [-0.2, 0) is 9.53 Å². The molecule has 3 heteroatoms. The maximum atomic E-state index is 11.8. The van der Waals surface area contributed by atoms with Gasteiger partial charge in [-0.25, -0.2) is 0 Å². The molecular formula is C11H21NO2. The monoisotopic (exact) mass is 199 g/mol. The Hall–Kier alpha value is -0.570. The zero-order valence-corrected chi connectivity index (χ0v) is 9.59. The summed E-state index contributed by atoms with van der Waals surface area (Å²) in [6.07, 6.45) is 1.94. The van der Waals surface area contributed by atoms with Crippen molar-refractivity contribution in [3.05, 3.63) is 0 Å². The van der Waals surface area contributed by atoms with Crippen LogP contribution < -0.4 is 5.32 Å². The molecule has 0 bridgehead atoms. The Morgan fingerprint density at radius 2 is 2.07 bits per heavy atom. The summed E-state index contributed by atoms with van der Waals surface area (Å²) in [5, 5.41) is 3.20. The van der Waals surface area contributed by atoms with Crippen LogP contribution in [0, 0.1) is 5.92 Å². The highest BCUT2D eigenvalue weighted by atomic mass is 16.5. The first-order valence-electron chi connectivity index (χ1n) is 5.42. The van der Waals surface area contributed by atoms with Crippen LogP contribution in [0.25, 0.3) is 0 Å². The quantitative estimate of drug-likeness (QED) is 0.703. The Labute approximate surface area is 86.2 Å². The summed E-state index contributed by atoms with van der Waals surface area (Å²) in [4.78, 5) is 11.8. The molecule has 2 unspecified atom stereocenters. The summed E-state index contributed by atoms with van der Waals surface area (Å²) >= 11 is 0. The number of esters is 1. The van der Waals surface area contributed by atoms with Crippen LogP contribution in [-0.4, -0.2) is 24.2 Å². The minimum absolute atomic E-state index is 0.00160. The van der Waals surface area contributed by atoms with Crippen molar-refractivity contribution in [1.82, 2.24) is 5.32 Å². The number of hydrogen-bond acceptors (Lipinski definition) is 3. The first-order valence-corrected chi connectivity index (χ1v) is 5.42. The van der Waals surface area contributed by atoms with Crippen molar-refractivity contribution < 1.29 is 9.53 Å². The van der Waals surface area contributed by atoms with Crippen molar-refractivity contribution >= 4 is 5.97 Å². The standard InChI is InChI=1S/C11H21NO2/c1-8(2)9(3)14-10(13)11(4)6-5-7-12-11/h8-9,12H,5-7H2,1-4H3. The van der Waals surface area contributed by atoms with Gasteiger partial charge in [0, 0.05) is 0 Å². The Kier molecular flexibility index (Phi) is 3.53. The lowest BCUT2D eigenvalue weighted by Crippen LogP contribution is -2.47. The molecule has 1 aliphatic heterocycles. The molecule has 14 heavy (non-hydrogen) atoms. The van der Waals surface area contributed by atoms with Gasteiger partial charge in [0.25, 0.3) is 0 Å². The summed E-state index contributed by atoms with van der Waals surface area (Å²) in [5.41, 5.74) is -0.441. The lowest BCUT2D eigenvalue weighted by atomic mass is 10.0. The SMILES string of the molecule is CC(C)C(C)OC(=O)C1(C)CCCN1. The minimum atomic E-state index is -0.441. The van der Waals surface area contributed by atoms with E-state index in [1.807, 2.05) is 13.8 Å². The lowest BCUT2D eigenvalue weighted by molar-refractivity contribution is -0.157. The zero-order valence-electron chi connectivity index (χ0n) is 9.59. The van der Waals surface area contributed by atoms with Gasteiger partial charge < -0.3 is 10.1 Å². The predicted octanol–water partition coefficient (Wildman–Crippen LogP) is 1.72. The number of nitrogens with one attached hydrogen (secondary N) is 1. The van der Waals surface area contributed by atoms with E-state index >= 15 is 0 Å². The Morgan fingerprint density at radius 1 is 1.43 bits per heavy atom. The van der Waals surface area contributed by atoms with Crippen LogP contribution in [0.5, 0.6) is 0 Å². The van der Waals surface area contributed by atoms with Crippen LogP contribution in [0.4, 0.5) is 0 Å². The molecule has 0 aliphatic carbocycles. The molecule has 0 radical (unpaired) electrons. The number of hydrogen-bond donors (Lipinski definition) is 1. The molecule has 1 N–H and O–H groups in total. The van der Waals surface area contributed by atoms with Crippen LogP contribution in [0.15, 0.2) is 0 Å². The lowest BCUT2D eigenvalue weighted by Gasteiger charge is -2.26. The van der Waals surface area contributed by atoms with Gasteiger partial charge in [0.2, 0.25) is 0 Å². The molecule has 0 spiro atoms. The van der Waals surface area contributed by atoms with Gasteiger partial charge in [-0.05, 0) is 39.2 Å². The van der Waals surface area contributed by atoms with Crippen molar-refractivity contribution in [3.8, 4) is 0 Å². The van der Waals surface area contributed by atoms with Gasteiger partial charge in [-0.1, -0.05) is 13.8 Å². The maximum Gasteiger partial charge on any atom is 0.326 e. The molecule has 0 aromatic carbocycles. The molecule has 0 amide bonds. The van der Waals surface area contributed by atoms with E-state index in [-0.39, 0.29) is 12.1 Å². The third-order valence-electron chi connectivity index (χ3n) is 3.05. The highest BCUT2D eigenvalue weighted by Gasteiger charge is 2.38. The molecule has 1 saturated heterocycles. The molecule has 1 aliphatic rings. The summed E-state index contributed by atoms with van der Waals surface area (Å²) in [5.74, 6) is 0.278. The average Bonchev–Trinajstić information content (AvgIpc) is 2.53. The van der Waals surface area contributed by atoms with Crippen LogP contribution in [0.1, 0.15) is 40.5 Å². The molecule has 2 atom stereocenters. The second-order valence-corrected chi connectivity index (χ2v) is 4.72. The highest BCUT2D eigenvalue weighted by molar-refractivity contribution is 5.80. The third-order valence-corrected chi connectivity index (χ3v) is 3.05.